The zero-order chi connectivity index (χ0) is 17.2. The van der Waals surface area contributed by atoms with Gasteiger partial charge in [0, 0.05) is 19.2 Å². The number of nitrogens with zero attached hydrogens (tertiary/aromatic N) is 2. The van der Waals surface area contributed by atoms with E-state index in [1.54, 1.807) is 0 Å². The van der Waals surface area contributed by atoms with E-state index in [0.29, 0.717) is 19.8 Å². The summed E-state index contributed by atoms with van der Waals surface area (Å²) in [6.45, 7) is 7.96. The van der Waals surface area contributed by atoms with Gasteiger partial charge in [-0.15, -0.1) is 0 Å². The Balaban J connectivity index is 2.70. The van der Waals surface area contributed by atoms with Crippen LogP contribution < -0.4 is 9.47 Å². The number of likely N-dealkylation sites (N-methyl/N-ethyl adjacent to an activating group) is 2. The summed E-state index contributed by atoms with van der Waals surface area (Å²) in [5, 5.41) is 0. The van der Waals surface area contributed by atoms with Crippen LogP contribution in [0.15, 0.2) is 18.2 Å². The zero-order valence-electron chi connectivity index (χ0n) is 15.4. The Kier molecular flexibility index (Phi) is 9.24. The van der Waals surface area contributed by atoms with E-state index in [9.17, 15) is 0 Å². The second-order valence-corrected chi connectivity index (χ2v) is 8.42. The lowest BCUT2D eigenvalue weighted by atomic mass is 10.2. The fourth-order valence-electron chi connectivity index (χ4n) is 1.80. The third kappa shape index (κ3) is 9.60. The van der Waals surface area contributed by atoms with Crippen molar-refractivity contribution < 1.29 is 13.9 Å². The van der Waals surface area contributed by atoms with Gasteiger partial charge < -0.3 is 23.7 Å². The van der Waals surface area contributed by atoms with Gasteiger partial charge >= 0.3 is 0 Å². The van der Waals surface area contributed by atoms with Crippen LogP contribution >= 0.6 is 0 Å². The summed E-state index contributed by atoms with van der Waals surface area (Å²) < 4.78 is 17.5. The lowest BCUT2D eigenvalue weighted by Crippen LogP contribution is -2.20. The standard InChI is InChI=1S/C17H31N2O3Si/c1-18(2)7-9-20-16-11-15(14-22-23(5)6)12-17(13-16)21-10-8-19(3)4/h11-13H,7-10,14H2,1-6H3. The van der Waals surface area contributed by atoms with Gasteiger partial charge in [0.15, 0.2) is 0 Å². The molecule has 0 unspecified atom stereocenters. The van der Waals surface area contributed by atoms with Gasteiger partial charge in [-0.05, 0) is 59.0 Å². The van der Waals surface area contributed by atoms with E-state index < -0.39 is 9.04 Å². The molecule has 0 heterocycles. The van der Waals surface area contributed by atoms with Gasteiger partial charge in [0.05, 0.1) is 6.61 Å². The van der Waals surface area contributed by atoms with Gasteiger partial charge in [-0.1, -0.05) is 0 Å². The molecule has 0 aliphatic carbocycles. The first-order chi connectivity index (χ1) is 10.9. The van der Waals surface area contributed by atoms with Gasteiger partial charge in [0.2, 0.25) is 9.04 Å². The van der Waals surface area contributed by atoms with Crippen LogP contribution in [0.2, 0.25) is 13.1 Å². The molecule has 0 amide bonds. The number of hydrogen-bond acceptors (Lipinski definition) is 5. The Bertz CT molecular complexity index is 421. The molecule has 1 aromatic carbocycles. The molecule has 5 nitrogen and oxygen atoms in total. The Morgan fingerprint density at radius 3 is 1.70 bits per heavy atom. The second-order valence-electron chi connectivity index (χ2n) is 6.31. The largest absolute Gasteiger partial charge is 0.492 e. The van der Waals surface area contributed by atoms with Crippen molar-refractivity contribution in [1.29, 1.82) is 0 Å². The van der Waals surface area contributed by atoms with Crippen LogP contribution in [0.5, 0.6) is 11.5 Å². The molecule has 131 valence electrons. The quantitative estimate of drug-likeness (QED) is 0.578. The molecule has 0 aromatic heterocycles. The maximum atomic E-state index is 5.85. The third-order valence-electron chi connectivity index (χ3n) is 3.08. The van der Waals surface area contributed by atoms with E-state index in [0.717, 1.165) is 30.2 Å². The normalized spacial score (nSPS) is 11.5. The summed E-state index contributed by atoms with van der Waals surface area (Å²) in [7, 11) is 7.44. The highest BCUT2D eigenvalue weighted by molar-refractivity contribution is 6.48. The average Bonchev–Trinajstić information content (AvgIpc) is 2.44. The molecule has 6 heteroatoms. The maximum Gasteiger partial charge on any atom is 0.205 e. The van der Waals surface area contributed by atoms with Crippen molar-refractivity contribution in [1.82, 2.24) is 9.80 Å². The minimum atomic E-state index is -0.708. The number of hydrogen-bond donors (Lipinski definition) is 0. The monoisotopic (exact) mass is 339 g/mol. The summed E-state index contributed by atoms with van der Waals surface area (Å²) in [4.78, 5) is 4.20. The Hall–Kier alpha value is -1.08. The molecule has 1 rings (SSSR count). The first-order valence-corrected chi connectivity index (χ1v) is 10.4. The number of benzene rings is 1. The van der Waals surface area contributed by atoms with Crippen LogP contribution in [0.25, 0.3) is 0 Å². The summed E-state index contributed by atoms with van der Waals surface area (Å²) in [5.74, 6) is 1.68. The Morgan fingerprint density at radius 1 is 0.826 bits per heavy atom. The fraction of sp³-hybridized carbons (Fsp3) is 0.647. The molecule has 1 aromatic rings. The number of rotatable bonds is 11. The van der Waals surface area contributed by atoms with Crippen LogP contribution in [0.1, 0.15) is 5.56 Å². The predicted molar refractivity (Wildman–Crippen MR) is 96.8 cm³/mol. The first-order valence-electron chi connectivity index (χ1n) is 7.99. The van der Waals surface area contributed by atoms with Crippen molar-refractivity contribution in [3.05, 3.63) is 23.8 Å². The van der Waals surface area contributed by atoms with Crippen LogP contribution in [0, 0.1) is 0 Å². The predicted octanol–water partition coefficient (Wildman–Crippen LogP) is 2.34. The molecule has 0 saturated carbocycles. The average molecular weight is 340 g/mol. The van der Waals surface area contributed by atoms with E-state index in [4.69, 9.17) is 13.9 Å². The van der Waals surface area contributed by atoms with Crippen molar-refractivity contribution in [2.75, 3.05) is 54.5 Å². The van der Waals surface area contributed by atoms with Gasteiger partial charge in [-0.2, -0.15) is 0 Å². The van der Waals surface area contributed by atoms with Crippen LogP contribution in [0.4, 0.5) is 0 Å². The minimum Gasteiger partial charge on any atom is -0.492 e. The molecule has 0 atom stereocenters. The Labute approximate surface area is 142 Å². The van der Waals surface area contributed by atoms with Crippen molar-refractivity contribution in [3.8, 4) is 11.5 Å². The van der Waals surface area contributed by atoms with Gasteiger partial charge in [0.25, 0.3) is 0 Å². The molecule has 0 fully saturated rings. The van der Waals surface area contributed by atoms with Crippen LogP contribution in [-0.4, -0.2) is 73.3 Å². The molecule has 0 N–H and O–H groups in total. The minimum absolute atomic E-state index is 0.607. The second kappa shape index (κ2) is 10.6. The lowest BCUT2D eigenvalue weighted by Gasteiger charge is -2.15. The van der Waals surface area contributed by atoms with Crippen LogP contribution in [0.3, 0.4) is 0 Å². The number of ether oxygens (including phenoxy) is 2. The highest BCUT2D eigenvalue weighted by Gasteiger charge is 2.06. The molecule has 0 spiro atoms. The molecular formula is C17H31N2O3Si. The van der Waals surface area contributed by atoms with E-state index in [1.165, 1.54) is 0 Å². The topological polar surface area (TPSA) is 34.2 Å². The van der Waals surface area contributed by atoms with E-state index in [-0.39, 0.29) is 0 Å². The molecule has 0 saturated heterocycles. The van der Waals surface area contributed by atoms with Gasteiger partial charge in [0.1, 0.15) is 24.7 Å². The molecule has 1 radical (unpaired) electrons. The van der Waals surface area contributed by atoms with Gasteiger partial charge in [-0.3, -0.25) is 0 Å². The zero-order valence-corrected chi connectivity index (χ0v) is 16.4. The molecule has 0 aliphatic rings. The lowest BCUT2D eigenvalue weighted by molar-refractivity contribution is 0.249. The third-order valence-corrected chi connectivity index (χ3v) is 3.80. The summed E-state index contributed by atoms with van der Waals surface area (Å²) in [6.07, 6.45) is 0. The molecular weight excluding hydrogens is 308 g/mol. The molecule has 23 heavy (non-hydrogen) atoms. The van der Waals surface area contributed by atoms with Crippen molar-refractivity contribution in [3.63, 3.8) is 0 Å². The van der Waals surface area contributed by atoms with Crippen molar-refractivity contribution in [2.24, 2.45) is 0 Å². The first kappa shape index (κ1) is 20.0. The molecule has 0 aliphatic heterocycles. The van der Waals surface area contributed by atoms with Crippen LogP contribution in [-0.2, 0) is 11.0 Å². The van der Waals surface area contributed by atoms with E-state index in [1.807, 2.05) is 46.4 Å². The van der Waals surface area contributed by atoms with E-state index >= 15 is 0 Å². The van der Waals surface area contributed by atoms with Gasteiger partial charge in [-0.25, -0.2) is 0 Å². The fourth-order valence-corrected chi connectivity index (χ4v) is 2.26. The summed E-state index contributed by atoms with van der Waals surface area (Å²) >= 11 is 0. The summed E-state index contributed by atoms with van der Waals surface area (Å²) in [6, 6.07) is 6.04. The Morgan fingerprint density at radius 2 is 1.30 bits per heavy atom. The highest BCUT2D eigenvalue weighted by Crippen LogP contribution is 2.24. The maximum absolute atomic E-state index is 5.85. The SMILES string of the molecule is CN(C)CCOc1cc(CO[Si](C)C)cc(OCCN(C)C)c1. The van der Waals surface area contributed by atoms with Crippen molar-refractivity contribution >= 4 is 9.04 Å². The highest BCUT2D eigenvalue weighted by atomic mass is 28.3. The smallest absolute Gasteiger partial charge is 0.205 e. The van der Waals surface area contributed by atoms with E-state index in [2.05, 4.69) is 22.9 Å². The van der Waals surface area contributed by atoms with Crippen molar-refractivity contribution in [2.45, 2.75) is 19.7 Å². The molecule has 0 bridgehead atoms. The summed E-state index contributed by atoms with van der Waals surface area (Å²) in [5.41, 5.74) is 1.10.